The van der Waals surface area contributed by atoms with Gasteiger partial charge in [0.05, 0.1) is 28.2 Å². The van der Waals surface area contributed by atoms with Gasteiger partial charge in [0.15, 0.2) is 0 Å². The van der Waals surface area contributed by atoms with Gasteiger partial charge in [-0.1, -0.05) is 60.7 Å². The van der Waals surface area contributed by atoms with E-state index in [1.807, 2.05) is 12.1 Å². The number of rotatable bonds is 7. The smallest absolute Gasteiger partial charge is 0.0675 e. The van der Waals surface area contributed by atoms with Gasteiger partial charge in [0.25, 0.3) is 0 Å². The van der Waals surface area contributed by atoms with Crippen LogP contribution in [0.1, 0.15) is 11.1 Å². The molecule has 0 heterocycles. The number of nitrogens with zero attached hydrogens (tertiary/aromatic N) is 1. The third-order valence-corrected chi connectivity index (χ3v) is 2.82. The van der Waals surface area contributed by atoms with Crippen LogP contribution in [0, 0.1) is 0 Å². The Hall–Kier alpha value is -1.68. The standard InChI is InChI=1S/C16H20N2.C4H12N/c1-3-7-15(8-4-1)13-17-11-12-18-14-16-9-5-2-6-10-16;1-5(2,3)4/h1-10,17-18H,11-14H2;1-4H3/q;+1. The monoisotopic (exact) mass is 314 g/mol. The second kappa shape index (κ2) is 10.9. The molecule has 126 valence electrons. The van der Waals surface area contributed by atoms with Crippen molar-refractivity contribution in [1.29, 1.82) is 0 Å². The molecule has 2 rings (SSSR count). The molecule has 0 radical (unpaired) electrons. The van der Waals surface area contributed by atoms with E-state index >= 15 is 0 Å². The zero-order valence-corrected chi connectivity index (χ0v) is 15.0. The van der Waals surface area contributed by atoms with E-state index < -0.39 is 0 Å². The number of quaternary nitrogens is 1. The molecule has 0 amide bonds. The van der Waals surface area contributed by atoms with Crippen LogP contribution >= 0.6 is 0 Å². The van der Waals surface area contributed by atoms with Crippen LogP contribution < -0.4 is 10.6 Å². The maximum absolute atomic E-state index is 3.43. The van der Waals surface area contributed by atoms with E-state index in [2.05, 4.69) is 87.4 Å². The average molecular weight is 314 g/mol. The van der Waals surface area contributed by atoms with Crippen LogP contribution in [0.25, 0.3) is 0 Å². The van der Waals surface area contributed by atoms with Crippen molar-refractivity contribution in [3.05, 3.63) is 71.8 Å². The molecule has 2 aromatic carbocycles. The van der Waals surface area contributed by atoms with Crippen molar-refractivity contribution < 1.29 is 4.48 Å². The lowest BCUT2D eigenvalue weighted by Gasteiger charge is -2.14. The quantitative estimate of drug-likeness (QED) is 0.606. The van der Waals surface area contributed by atoms with E-state index in [-0.39, 0.29) is 0 Å². The van der Waals surface area contributed by atoms with E-state index in [1.54, 1.807) is 0 Å². The summed E-state index contributed by atoms with van der Waals surface area (Å²) >= 11 is 0. The Bertz CT molecular complexity index is 454. The van der Waals surface area contributed by atoms with E-state index in [0.29, 0.717) is 0 Å². The minimum absolute atomic E-state index is 0.938. The van der Waals surface area contributed by atoms with Gasteiger partial charge >= 0.3 is 0 Å². The average Bonchev–Trinajstić information content (AvgIpc) is 2.51. The summed E-state index contributed by atoms with van der Waals surface area (Å²) in [5, 5.41) is 6.85. The molecule has 0 aliphatic heterocycles. The Morgan fingerprint density at radius 1 is 0.609 bits per heavy atom. The van der Waals surface area contributed by atoms with E-state index in [1.165, 1.54) is 11.1 Å². The first-order valence-corrected chi connectivity index (χ1v) is 8.23. The molecule has 2 aromatic rings. The molecular formula is C20H32N3+. The Morgan fingerprint density at radius 3 is 1.22 bits per heavy atom. The maximum atomic E-state index is 3.43. The van der Waals surface area contributed by atoms with Gasteiger partial charge < -0.3 is 15.1 Å². The van der Waals surface area contributed by atoms with Gasteiger partial charge in [0.2, 0.25) is 0 Å². The van der Waals surface area contributed by atoms with Gasteiger partial charge in [-0.2, -0.15) is 0 Å². The summed E-state index contributed by atoms with van der Waals surface area (Å²) in [5.74, 6) is 0. The number of benzene rings is 2. The summed E-state index contributed by atoms with van der Waals surface area (Å²) < 4.78 is 1.00. The lowest BCUT2D eigenvalue weighted by Crippen LogP contribution is -2.27. The molecule has 3 heteroatoms. The highest BCUT2D eigenvalue weighted by Crippen LogP contribution is 1.97. The summed E-state index contributed by atoms with van der Waals surface area (Å²) in [6.45, 7) is 3.85. The highest BCUT2D eigenvalue weighted by atomic mass is 15.2. The molecule has 0 aromatic heterocycles. The van der Waals surface area contributed by atoms with Crippen molar-refractivity contribution in [3.8, 4) is 0 Å². The van der Waals surface area contributed by atoms with E-state index in [0.717, 1.165) is 30.7 Å². The van der Waals surface area contributed by atoms with Crippen LogP contribution in [-0.4, -0.2) is 45.8 Å². The Morgan fingerprint density at radius 2 is 0.913 bits per heavy atom. The number of hydrogen-bond donors (Lipinski definition) is 2. The zero-order valence-electron chi connectivity index (χ0n) is 15.0. The fourth-order valence-electron chi connectivity index (χ4n) is 1.83. The molecule has 0 aliphatic carbocycles. The summed E-state index contributed by atoms with van der Waals surface area (Å²) in [4.78, 5) is 0. The van der Waals surface area contributed by atoms with Crippen LogP contribution in [0.4, 0.5) is 0 Å². The largest absolute Gasteiger partial charge is 0.333 e. The number of nitrogens with one attached hydrogen (secondary N) is 2. The maximum Gasteiger partial charge on any atom is 0.0675 e. The van der Waals surface area contributed by atoms with Crippen molar-refractivity contribution in [2.45, 2.75) is 13.1 Å². The predicted molar refractivity (Wildman–Crippen MR) is 100 cm³/mol. The molecule has 3 nitrogen and oxygen atoms in total. The van der Waals surface area contributed by atoms with Gasteiger partial charge in [0.1, 0.15) is 0 Å². The predicted octanol–water partition coefficient (Wildman–Crippen LogP) is 2.89. The molecule has 0 unspecified atom stereocenters. The third kappa shape index (κ3) is 12.5. The SMILES string of the molecule is C[N+](C)(C)C.c1ccc(CNCCNCc2ccccc2)cc1. The molecule has 2 N–H and O–H groups in total. The first kappa shape index (κ1) is 19.4. The highest BCUT2D eigenvalue weighted by Gasteiger charge is 1.92. The van der Waals surface area contributed by atoms with Crippen molar-refractivity contribution in [2.75, 3.05) is 41.3 Å². The zero-order chi connectivity index (χ0) is 17.0. The molecule has 0 saturated heterocycles. The molecule has 0 atom stereocenters. The Labute approximate surface area is 141 Å². The first-order chi connectivity index (χ1) is 10.9. The normalized spacial score (nSPS) is 10.8. The summed E-state index contributed by atoms with van der Waals surface area (Å²) in [6, 6.07) is 21.0. The summed E-state index contributed by atoms with van der Waals surface area (Å²) in [6.07, 6.45) is 0. The topological polar surface area (TPSA) is 24.1 Å². The van der Waals surface area contributed by atoms with E-state index in [9.17, 15) is 0 Å². The van der Waals surface area contributed by atoms with Crippen LogP contribution in [-0.2, 0) is 13.1 Å². The molecule has 0 bridgehead atoms. The van der Waals surface area contributed by atoms with Crippen LogP contribution in [0.2, 0.25) is 0 Å². The highest BCUT2D eigenvalue weighted by molar-refractivity contribution is 5.15. The van der Waals surface area contributed by atoms with Crippen LogP contribution in [0.15, 0.2) is 60.7 Å². The molecule has 0 spiro atoms. The van der Waals surface area contributed by atoms with Crippen molar-refractivity contribution in [2.24, 2.45) is 0 Å². The van der Waals surface area contributed by atoms with Crippen LogP contribution in [0.5, 0.6) is 0 Å². The summed E-state index contributed by atoms with van der Waals surface area (Å²) in [5.41, 5.74) is 2.67. The fraction of sp³-hybridized carbons (Fsp3) is 0.400. The van der Waals surface area contributed by atoms with Gasteiger partial charge in [-0.3, -0.25) is 0 Å². The lowest BCUT2D eigenvalue weighted by atomic mass is 10.2. The van der Waals surface area contributed by atoms with Gasteiger partial charge in [-0.15, -0.1) is 0 Å². The van der Waals surface area contributed by atoms with Gasteiger partial charge in [-0.25, -0.2) is 0 Å². The Kier molecular flexibility index (Phi) is 9.22. The minimum Gasteiger partial charge on any atom is -0.333 e. The van der Waals surface area contributed by atoms with Gasteiger partial charge in [0, 0.05) is 26.2 Å². The Balaban J connectivity index is 0.000000463. The second-order valence-corrected chi connectivity index (χ2v) is 7.01. The van der Waals surface area contributed by atoms with Crippen molar-refractivity contribution >= 4 is 0 Å². The minimum atomic E-state index is 0.938. The molecule has 0 saturated carbocycles. The molecule has 23 heavy (non-hydrogen) atoms. The molecule has 0 fully saturated rings. The first-order valence-electron chi connectivity index (χ1n) is 8.23. The van der Waals surface area contributed by atoms with Gasteiger partial charge in [-0.05, 0) is 11.1 Å². The number of hydrogen-bond acceptors (Lipinski definition) is 2. The molecule has 0 aliphatic rings. The van der Waals surface area contributed by atoms with Crippen LogP contribution in [0.3, 0.4) is 0 Å². The fourth-order valence-corrected chi connectivity index (χ4v) is 1.83. The summed E-state index contributed by atoms with van der Waals surface area (Å²) in [7, 11) is 8.50. The lowest BCUT2D eigenvalue weighted by molar-refractivity contribution is -0.849. The van der Waals surface area contributed by atoms with Crippen molar-refractivity contribution in [1.82, 2.24) is 10.6 Å². The van der Waals surface area contributed by atoms with E-state index in [4.69, 9.17) is 0 Å². The second-order valence-electron chi connectivity index (χ2n) is 7.01. The third-order valence-electron chi connectivity index (χ3n) is 2.82. The van der Waals surface area contributed by atoms with Crippen molar-refractivity contribution in [3.63, 3.8) is 0 Å². The molecular weight excluding hydrogens is 282 g/mol.